The first-order chi connectivity index (χ1) is 10.1. The summed E-state index contributed by atoms with van der Waals surface area (Å²) in [6, 6.07) is 9.67. The summed E-state index contributed by atoms with van der Waals surface area (Å²) in [5, 5.41) is 0.998. The number of carbonyl (C=O) groups is 2. The minimum atomic E-state index is -0.350. The van der Waals surface area contributed by atoms with Gasteiger partial charge in [-0.1, -0.05) is 24.3 Å². The van der Waals surface area contributed by atoms with Gasteiger partial charge >= 0.3 is 0 Å². The van der Waals surface area contributed by atoms with Gasteiger partial charge in [-0.05, 0) is 17.5 Å². The predicted octanol–water partition coefficient (Wildman–Crippen LogP) is 1.89. The van der Waals surface area contributed by atoms with E-state index >= 15 is 0 Å². The van der Waals surface area contributed by atoms with Crippen LogP contribution in [0.25, 0.3) is 10.8 Å². The molecule has 0 aliphatic carbocycles. The Labute approximate surface area is 121 Å². The molecular weight excluding hydrogens is 271 g/mol. The Hall–Kier alpha value is -2.43. The van der Waals surface area contributed by atoms with E-state index in [9.17, 15) is 14.0 Å². The van der Waals surface area contributed by atoms with Crippen LogP contribution in [-0.2, 0) is 4.79 Å². The third-order valence-corrected chi connectivity index (χ3v) is 3.85. The second-order valence-electron chi connectivity index (χ2n) is 5.18. The highest BCUT2D eigenvalue weighted by Crippen LogP contribution is 2.23. The van der Waals surface area contributed by atoms with E-state index in [0.717, 1.165) is 0 Å². The second-order valence-corrected chi connectivity index (χ2v) is 5.18. The van der Waals surface area contributed by atoms with Crippen molar-refractivity contribution in [3.63, 3.8) is 0 Å². The van der Waals surface area contributed by atoms with Gasteiger partial charge in [0.05, 0.1) is 0 Å². The Morgan fingerprint density at radius 3 is 2.52 bits per heavy atom. The molecule has 2 aromatic rings. The highest BCUT2D eigenvalue weighted by molar-refractivity contribution is 6.08. The summed E-state index contributed by atoms with van der Waals surface area (Å²) in [5.41, 5.74) is 0.435. The van der Waals surface area contributed by atoms with Gasteiger partial charge in [0.15, 0.2) is 0 Å². The lowest BCUT2D eigenvalue weighted by Gasteiger charge is -2.32. The molecule has 1 saturated heterocycles. The standard InChI is InChI=1S/C16H15FN2O2/c1-18-8-9-19(10-15(18)20)16(21)13-6-7-14(17)12-5-3-2-4-11(12)13/h2-7H,8-10H2,1H3. The minimum Gasteiger partial charge on any atom is -0.342 e. The molecule has 1 fully saturated rings. The van der Waals surface area contributed by atoms with Gasteiger partial charge in [0, 0.05) is 31.1 Å². The zero-order valence-corrected chi connectivity index (χ0v) is 11.7. The number of halogens is 1. The van der Waals surface area contributed by atoms with Crippen molar-refractivity contribution < 1.29 is 14.0 Å². The van der Waals surface area contributed by atoms with E-state index in [4.69, 9.17) is 0 Å². The van der Waals surface area contributed by atoms with Crippen LogP contribution in [0.15, 0.2) is 36.4 Å². The van der Waals surface area contributed by atoms with Gasteiger partial charge in [-0.3, -0.25) is 9.59 Å². The zero-order valence-electron chi connectivity index (χ0n) is 11.7. The van der Waals surface area contributed by atoms with Gasteiger partial charge in [-0.25, -0.2) is 4.39 Å². The van der Waals surface area contributed by atoms with Crippen molar-refractivity contribution in [1.29, 1.82) is 0 Å². The number of likely N-dealkylation sites (N-methyl/N-ethyl adjacent to an activating group) is 1. The summed E-state index contributed by atoms with van der Waals surface area (Å²) in [5.74, 6) is -0.662. The van der Waals surface area contributed by atoms with E-state index in [1.807, 2.05) is 0 Å². The lowest BCUT2D eigenvalue weighted by molar-refractivity contribution is -0.133. The first kappa shape index (κ1) is 13.5. The summed E-state index contributed by atoms with van der Waals surface area (Å²) in [6.45, 7) is 1.08. The van der Waals surface area contributed by atoms with Crippen molar-refractivity contribution in [1.82, 2.24) is 9.80 Å². The molecule has 1 aliphatic heterocycles. The van der Waals surface area contributed by atoms with Crippen LogP contribution >= 0.6 is 0 Å². The molecule has 108 valence electrons. The van der Waals surface area contributed by atoms with Gasteiger partial charge in [0.25, 0.3) is 5.91 Å². The average Bonchev–Trinajstić information content (AvgIpc) is 2.50. The summed E-state index contributed by atoms with van der Waals surface area (Å²) >= 11 is 0. The molecule has 0 unspecified atom stereocenters. The Morgan fingerprint density at radius 1 is 1.10 bits per heavy atom. The van der Waals surface area contributed by atoms with E-state index in [1.54, 1.807) is 36.2 Å². The number of fused-ring (bicyclic) bond motifs is 1. The minimum absolute atomic E-state index is 0.0705. The number of hydrogen-bond acceptors (Lipinski definition) is 2. The number of hydrogen-bond donors (Lipinski definition) is 0. The molecule has 0 N–H and O–H groups in total. The molecule has 5 heteroatoms. The van der Waals surface area contributed by atoms with Crippen LogP contribution in [0.3, 0.4) is 0 Å². The smallest absolute Gasteiger partial charge is 0.255 e. The summed E-state index contributed by atoms with van der Waals surface area (Å²) in [6.07, 6.45) is 0. The average molecular weight is 286 g/mol. The molecule has 0 spiro atoms. The molecular formula is C16H15FN2O2. The maximum absolute atomic E-state index is 13.8. The van der Waals surface area contributed by atoms with Crippen LogP contribution in [0.2, 0.25) is 0 Å². The van der Waals surface area contributed by atoms with E-state index in [1.165, 1.54) is 17.0 Å². The molecule has 1 heterocycles. The van der Waals surface area contributed by atoms with E-state index < -0.39 is 0 Å². The molecule has 0 bridgehead atoms. The first-order valence-electron chi connectivity index (χ1n) is 6.78. The third-order valence-electron chi connectivity index (χ3n) is 3.85. The maximum atomic E-state index is 13.8. The Morgan fingerprint density at radius 2 is 1.81 bits per heavy atom. The molecule has 0 radical (unpaired) electrons. The van der Waals surface area contributed by atoms with Gasteiger partial charge in [-0.2, -0.15) is 0 Å². The Kier molecular flexibility index (Phi) is 3.33. The number of piperazine rings is 1. The summed E-state index contributed by atoms with van der Waals surface area (Å²) in [4.78, 5) is 27.5. The van der Waals surface area contributed by atoms with Crippen molar-refractivity contribution in [3.05, 3.63) is 47.8 Å². The van der Waals surface area contributed by atoms with Crippen molar-refractivity contribution in [2.45, 2.75) is 0 Å². The summed E-state index contributed by atoms with van der Waals surface area (Å²) < 4.78 is 13.8. The molecule has 2 aromatic carbocycles. The highest BCUT2D eigenvalue weighted by atomic mass is 19.1. The van der Waals surface area contributed by atoms with Gasteiger partial charge in [-0.15, -0.1) is 0 Å². The molecule has 2 amide bonds. The lowest BCUT2D eigenvalue weighted by Crippen LogP contribution is -2.50. The summed E-state index contributed by atoms with van der Waals surface area (Å²) in [7, 11) is 1.72. The lowest BCUT2D eigenvalue weighted by atomic mass is 10.0. The number of rotatable bonds is 1. The van der Waals surface area contributed by atoms with Crippen molar-refractivity contribution >= 4 is 22.6 Å². The second kappa shape index (κ2) is 5.16. The largest absolute Gasteiger partial charge is 0.342 e. The highest BCUT2D eigenvalue weighted by Gasteiger charge is 2.26. The van der Waals surface area contributed by atoms with E-state index in [2.05, 4.69) is 0 Å². The quantitative estimate of drug-likeness (QED) is 0.803. The van der Waals surface area contributed by atoms with Crippen LogP contribution in [0.5, 0.6) is 0 Å². The van der Waals surface area contributed by atoms with Gasteiger partial charge in [0.1, 0.15) is 12.4 Å². The molecule has 3 rings (SSSR count). The first-order valence-corrected chi connectivity index (χ1v) is 6.78. The number of carbonyl (C=O) groups excluding carboxylic acids is 2. The predicted molar refractivity (Wildman–Crippen MR) is 77.4 cm³/mol. The van der Waals surface area contributed by atoms with Crippen LogP contribution in [0, 0.1) is 5.82 Å². The fraction of sp³-hybridized carbons (Fsp3) is 0.250. The molecule has 21 heavy (non-hydrogen) atoms. The van der Waals surface area contributed by atoms with Crippen LogP contribution in [0.4, 0.5) is 4.39 Å². The fourth-order valence-corrected chi connectivity index (χ4v) is 2.55. The number of nitrogens with zero attached hydrogens (tertiary/aromatic N) is 2. The Balaban J connectivity index is 1.99. The maximum Gasteiger partial charge on any atom is 0.255 e. The van der Waals surface area contributed by atoms with E-state index in [-0.39, 0.29) is 24.2 Å². The van der Waals surface area contributed by atoms with Crippen LogP contribution < -0.4 is 0 Å². The van der Waals surface area contributed by atoms with Crippen molar-refractivity contribution in [3.8, 4) is 0 Å². The van der Waals surface area contributed by atoms with Crippen molar-refractivity contribution in [2.24, 2.45) is 0 Å². The monoisotopic (exact) mass is 286 g/mol. The van der Waals surface area contributed by atoms with Gasteiger partial charge < -0.3 is 9.80 Å². The molecule has 0 atom stereocenters. The number of amides is 2. The molecule has 0 saturated carbocycles. The molecule has 0 aromatic heterocycles. The Bertz CT molecular complexity index is 729. The van der Waals surface area contributed by atoms with E-state index in [0.29, 0.717) is 29.4 Å². The topological polar surface area (TPSA) is 40.6 Å². The third kappa shape index (κ3) is 2.35. The van der Waals surface area contributed by atoms with Crippen LogP contribution in [0.1, 0.15) is 10.4 Å². The molecule has 1 aliphatic rings. The SMILES string of the molecule is CN1CCN(C(=O)c2ccc(F)c3ccccc23)CC1=O. The van der Waals surface area contributed by atoms with Crippen molar-refractivity contribution in [2.75, 3.05) is 26.7 Å². The zero-order chi connectivity index (χ0) is 15.0. The fourth-order valence-electron chi connectivity index (χ4n) is 2.55. The van der Waals surface area contributed by atoms with Crippen LogP contribution in [-0.4, -0.2) is 48.3 Å². The number of benzene rings is 2. The van der Waals surface area contributed by atoms with Gasteiger partial charge in [0.2, 0.25) is 5.91 Å². The normalized spacial score (nSPS) is 15.6. The molecule has 4 nitrogen and oxygen atoms in total.